The van der Waals surface area contributed by atoms with Gasteiger partial charge in [0.15, 0.2) is 0 Å². The number of aliphatic hydroxyl groups is 3. The summed E-state index contributed by atoms with van der Waals surface area (Å²) in [5.41, 5.74) is 1.11. The Morgan fingerprint density at radius 2 is 1.89 bits per heavy atom. The lowest BCUT2D eigenvalue weighted by molar-refractivity contribution is -0.141. The fourth-order valence-electron chi connectivity index (χ4n) is 2.87. The number of esters is 1. The van der Waals surface area contributed by atoms with E-state index >= 15 is 0 Å². The van der Waals surface area contributed by atoms with Gasteiger partial charge >= 0.3 is 5.97 Å². The standard InChI is InChI=1S/C14H22O5/c15-7-14(8-16,9-17)3-4-19-13(18)12-6-10-1-2-11(12)5-10/h10,15-17H,1-9H2. The first-order valence-corrected chi connectivity index (χ1v) is 6.85. The molecule has 0 aromatic heterocycles. The molecule has 0 aromatic rings. The molecule has 0 saturated heterocycles. The third-order valence-corrected chi connectivity index (χ3v) is 4.43. The van der Waals surface area contributed by atoms with Crippen LogP contribution in [-0.4, -0.2) is 47.7 Å². The van der Waals surface area contributed by atoms with Crippen LogP contribution in [0.3, 0.4) is 0 Å². The quantitative estimate of drug-likeness (QED) is 0.582. The zero-order chi connectivity index (χ0) is 13.9. The van der Waals surface area contributed by atoms with Crippen LogP contribution in [0.2, 0.25) is 0 Å². The van der Waals surface area contributed by atoms with Gasteiger partial charge in [-0.2, -0.15) is 0 Å². The van der Waals surface area contributed by atoms with E-state index < -0.39 is 5.41 Å². The zero-order valence-corrected chi connectivity index (χ0v) is 11.1. The Labute approximate surface area is 112 Å². The summed E-state index contributed by atoms with van der Waals surface area (Å²) in [6.07, 6.45) is 4.34. The van der Waals surface area contributed by atoms with E-state index in [0.29, 0.717) is 5.92 Å². The molecule has 2 rings (SSSR count). The van der Waals surface area contributed by atoms with Gasteiger partial charge in [-0.1, -0.05) is 5.57 Å². The number of aliphatic hydroxyl groups excluding tert-OH is 3. The van der Waals surface area contributed by atoms with Gasteiger partial charge in [-0.05, 0) is 38.0 Å². The molecule has 1 unspecified atom stereocenters. The molecule has 3 N–H and O–H groups in total. The van der Waals surface area contributed by atoms with Gasteiger partial charge in [0.1, 0.15) is 0 Å². The minimum Gasteiger partial charge on any atom is -0.462 e. The molecule has 108 valence electrons. The van der Waals surface area contributed by atoms with Crippen LogP contribution in [-0.2, 0) is 9.53 Å². The van der Waals surface area contributed by atoms with E-state index in [2.05, 4.69) is 0 Å². The second-order valence-corrected chi connectivity index (χ2v) is 5.76. The summed E-state index contributed by atoms with van der Waals surface area (Å²) in [6, 6.07) is 0. The van der Waals surface area contributed by atoms with Gasteiger partial charge in [0.2, 0.25) is 0 Å². The van der Waals surface area contributed by atoms with Crippen LogP contribution < -0.4 is 0 Å². The molecule has 1 atom stereocenters. The average molecular weight is 270 g/mol. The Kier molecular flexibility index (Phi) is 4.60. The molecule has 19 heavy (non-hydrogen) atoms. The number of allylic oxidation sites excluding steroid dienone is 1. The Hall–Kier alpha value is -0.910. The largest absolute Gasteiger partial charge is 0.462 e. The maximum absolute atomic E-state index is 11.9. The number of carbonyl (C=O) groups excluding carboxylic acids is 1. The summed E-state index contributed by atoms with van der Waals surface area (Å²) in [4.78, 5) is 11.9. The maximum atomic E-state index is 11.9. The van der Waals surface area contributed by atoms with E-state index in [1.54, 1.807) is 0 Å². The van der Waals surface area contributed by atoms with Gasteiger partial charge in [0.05, 0.1) is 26.4 Å². The molecule has 1 fully saturated rings. The van der Waals surface area contributed by atoms with Crippen molar-refractivity contribution < 1.29 is 24.9 Å². The van der Waals surface area contributed by atoms with Crippen molar-refractivity contribution in [2.75, 3.05) is 26.4 Å². The van der Waals surface area contributed by atoms with Crippen LogP contribution in [0.4, 0.5) is 0 Å². The van der Waals surface area contributed by atoms with Gasteiger partial charge < -0.3 is 20.1 Å². The monoisotopic (exact) mass is 270 g/mol. The molecule has 0 heterocycles. The highest BCUT2D eigenvalue weighted by molar-refractivity contribution is 5.90. The Balaban J connectivity index is 1.81. The Bertz CT molecular complexity index is 362. The highest BCUT2D eigenvalue weighted by Crippen LogP contribution is 2.44. The fraction of sp³-hybridized carbons (Fsp3) is 0.786. The number of ether oxygens (including phenoxy) is 1. The number of hydrogen-bond donors (Lipinski definition) is 3. The van der Waals surface area contributed by atoms with Gasteiger partial charge in [0.25, 0.3) is 0 Å². The molecule has 5 nitrogen and oxygen atoms in total. The summed E-state index contributed by atoms with van der Waals surface area (Å²) < 4.78 is 5.21. The Morgan fingerprint density at radius 1 is 1.21 bits per heavy atom. The second-order valence-electron chi connectivity index (χ2n) is 5.76. The molecule has 0 spiro atoms. The molecule has 2 aliphatic rings. The van der Waals surface area contributed by atoms with Gasteiger partial charge in [-0.15, -0.1) is 0 Å². The number of carbonyl (C=O) groups is 1. The molecule has 0 radical (unpaired) electrons. The van der Waals surface area contributed by atoms with Crippen LogP contribution in [0, 0.1) is 11.3 Å². The lowest BCUT2D eigenvalue weighted by atomic mass is 9.88. The van der Waals surface area contributed by atoms with Crippen molar-refractivity contribution in [2.45, 2.75) is 32.1 Å². The van der Waals surface area contributed by atoms with E-state index in [-0.39, 0.29) is 38.8 Å². The van der Waals surface area contributed by atoms with E-state index in [0.717, 1.165) is 24.8 Å². The maximum Gasteiger partial charge on any atom is 0.333 e. The van der Waals surface area contributed by atoms with E-state index in [1.165, 1.54) is 12.0 Å². The number of fused-ring (bicyclic) bond motifs is 2. The minimum atomic E-state index is -0.966. The third-order valence-electron chi connectivity index (χ3n) is 4.43. The molecular formula is C14H22O5. The van der Waals surface area contributed by atoms with Crippen LogP contribution in [0.25, 0.3) is 0 Å². The molecular weight excluding hydrogens is 248 g/mol. The lowest BCUT2D eigenvalue weighted by Crippen LogP contribution is -2.35. The van der Waals surface area contributed by atoms with Crippen molar-refractivity contribution in [1.82, 2.24) is 0 Å². The number of hydrogen-bond acceptors (Lipinski definition) is 5. The van der Waals surface area contributed by atoms with Crippen molar-refractivity contribution in [1.29, 1.82) is 0 Å². The fourth-order valence-corrected chi connectivity index (χ4v) is 2.87. The van der Waals surface area contributed by atoms with Crippen LogP contribution in [0.15, 0.2) is 11.1 Å². The van der Waals surface area contributed by atoms with Crippen molar-refractivity contribution >= 4 is 5.97 Å². The molecule has 5 heteroatoms. The first-order valence-electron chi connectivity index (χ1n) is 6.85. The van der Waals surface area contributed by atoms with Gasteiger partial charge in [-0.3, -0.25) is 0 Å². The molecule has 0 amide bonds. The summed E-state index contributed by atoms with van der Waals surface area (Å²) in [7, 11) is 0. The highest BCUT2D eigenvalue weighted by atomic mass is 16.5. The van der Waals surface area contributed by atoms with E-state index in [4.69, 9.17) is 20.1 Å². The zero-order valence-electron chi connectivity index (χ0n) is 11.1. The number of rotatable bonds is 7. The van der Waals surface area contributed by atoms with Crippen LogP contribution in [0.1, 0.15) is 32.1 Å². The lowest BCUT2D eigenvalue weighted by Gasteiger charge is -2.26. The summed E-state index contributed by atoms with van der Waals surface area (Å²) in [5.74, 6) is 0.365. The summed E-state index contributed by atoms with van der Waals surface area (Å²) in [5, 5.41) is 27.5. The molecule has 2 bridgehead atoms. The first kappa shape index (κ1) is 14.5. The smallest absolute Gasteiger partial charge is 0.333 e. The molecule has 0 aromatic carbocycles. The van der Waals surface area contributed by atoms with Crippen molar-refractivity contribution in [3.05, 3.63) is 11.1 Å². The Morgan fingerprint density at radius 3 is 2.37 bits per heavy atom. The third kappa shape index (κ3) is 2.99. The van der Waals surface area contributed by atoms with Crippen molar-refractivity contribution in [2.24, 2.45) is 11.3 Å². The predicted molar refractivity (Wildman–Crippen MR) is 68.3 cm³/mol. The van der Waals surface area contributed by atoms with Gasteiger partial charge in [0, 0.05) is 11.0 Å². The predicted octanol–water partition coefficient (Wildman–Crippen LogP) is 0.383. The average Bonchev–Trinajstić information content (AvgIpc) is 3.06. The van der Waals surface area contributed by atoms with Crippen LogP contribution in [0.5, 0.6) is 0 Å². The minimum absolute atomic E-state index is 0.113. The first-order chi connectivity index (χ1) is 9.14. The topological polar surface area (TPSA) is 87.0 Å². The SMILES string of the molecule is O=C(OCCC(CO)(CO)CO)C1=C2CCC(C2)C1. The molecule has 1 saturated carbocycles. The van der Waals surface area contributed by atoms with Gasteiger partial charge in [-0.25, -0.2) is 4.79 Å². The summed E-state index contributed by atoms with van der Waals surface area (Å²) >= 11 is 0. The summed E-state index contributed by atoms with van der Waals surface area (Å²) in [6.45, 7) is -0.864. The van der Waals surface area contributed by atoms with E-state index in [9.17, 15) is 4.79 Å². The molecule has 0 aliphatic heterocycles. The second kappa shape index (κ2) is 6.03. The van der Waals surface area contributed by atoms with E-state index in [1.807, 2.05) is 0 Å². The van der Waals surface area contributed by atoms with Crippen molar-refractivity contribution in [3.8, 4) is 0 Å². The highest BCUT2D eigenvalue weighted by Gasteiger charge is 2.34. The molecule has 2 aliphatic carbocycles. The normalized spacial score (nSPS) is 22.2. The van der Waals surface area contributed by atoms with Crippen molar-refractivity contribution in [3.63, 3.8) is 0 Å². The van der Waals surface area contributed by atoms with Crippen LogP contribution >= 0.6 is 0 Å².